The Bertz CT molecular complexity index is 1190. The van der Waals surface area contributed by atoms with Gasteiger partial charge in [-0.05, 0) is 48.4 Å². The summed E-state index contributed by atoms with van der Waals surface area (Å²) >= 11 is 0. The van der Waals surface area contributed by atoms with Gasteiger partial charge in [-0.2, -0.15) is 0 Å². The summed E-state index contributed by atoms with van der Waals surface area (Å²) < 4.78 is 40.2. The Morgan fingerprint density at radius 3 is 2.65 bits per heavy atom. The van der Waals surface area contributed by atoms with Crippen molar-refractivity contribution in [2.75, 3.05) is 0 Å². The van der Waals surface area contributed by atoms with Crippen LogP contribution in [0.15, 0.2) is 77.5 Å². The van der Waals surface area contributed by atoms with E-state index in [-0.39, 0.29) is 12.1 Å². The van der Waals surface area contributed by atoms with Crippen LogP contribution in [-0.4, -0.2) is 10.7 Å². The molecule has 2 heterocycles. The Morgan fingerprint density at radius 2 is 1.90 bits per heavy atom. The van der Waals surface area contributed by atoms with Gasteiger partial charge in [-0.15, -0.1) is 0 Å². The molecule has 0 aliphatic carbocycles. The van der Waals surface area contributed by atoms with Crippen LogP contribution in [0.25, 0.3) is 11.3 Å². The van der Waals surface area contributed by atoms with E-state index in [1.54, 1.807) is 18.4 Å². The average molecular weight is 422 g/mol. The Balaban J connectivity index is 1.59. The number of rotatable bonds is 6. The molecule has 1 amide bonds. The molecule has 4 rings (SSSR count). The smallest absolute Gasteiger partial charge is 0.414 e. The number of nitrogens with one attached hydrogen (secondary N) is 1. The fourth-order valence-corrected chi connectivity index (χ4v) is 3.37. The van der Waals surface area contributed by atoms with Gasteiger partial charge in [-0.25, -0.2) is 13.6 Å². The molecule has 0 radical (unpaired) electrons. The van der Waals surface area contributed by atoms with E-state index in [9.17, 15) is 13.6 Å². The summed E-state index contributed by atoms with van der Waals surface area (Å²) in [7, 11) is 0. The number of halogens is 2. The zero-order chi connectivity index (χ0) is 21.8. The summed E-state index contributed by atoms with van der Waals surface area (Å²) in [5, 5.41) is 2.48. The van der Waals surface area contributed by atoms with Gasteiger partial charge in [-0.3, -0.25) is 0 Å². The van der Waals surface area contributed by atoms with Gasteiger partial charge in [0.15, 0.2) is 0 Å². The first-order valence-electron chi connectivity index (χ1n) is 9.68. The first-order valence-corrected chi connectivity index (χ1v) is 9.68. The molecule has 4 aromatic rings. The molecule has 0 spiro atoms. The van der Waals surface area contributed by atoms with E-state index in [0.717, 1.165) is 29.3 Å². The second-order valence-corrected chi connectivity index (χ2v) is 7.06. The molecule has 0 atom stereocenters. The highest BCUT2D eigenvalue weighted by atomic mass is 19.1. The molecule has 0 fully saturated rings. The van der Waals surface area contributed by atoms with Gasteiger partial charge >= 0.3 is 6.09 Å². The quantitative estimate of drug-likeness (QED) is 0.435. The minimum atomic E-state index is -0.788. The standard InChI is InChI=1S/C24H20F2N2O3/c1-16-14-28(15-17-6-3-2-4-7-17)23(22(16)21-8-5-11-30-21)31-24(29)27-13-18-12-19(25)9-10-20(18)26/h2-12,14H,13,15H2,1H3,(H,27,29). The van der Waals surface area contributed by atoms with Crippen LogP contribution < -0.4 is 10.1 Å². The molecule has 0 unspecified atom stereocenters. The molecule has 31 heavy (non-hydrogen) atoms. The van der Waals surface area contributed by atoms with Gasteiger partial charge < -0.3 is 19.0 Å². The third-order valence-corrected chi connectivity index (χ3v) is 4.80. The molecule has 0 aliphatic rings. The van der Waals surface area contributed by atoms with E-state index in [2.05, 4.69) is 5.32 Å². The van der Waals surface area contributed by atoms with Crippen molar-refractivity contribution in [2.24, 2.45) is 0 Å². The predicted octanol–water partition coefficient (Wildman–Crippen LogP) is 5.67. The lowest BCUT2D eigenvalue weighted by atomic mass is 10.1. The number of nitrogens with zero attached hydrogens (tertiary/aromatic N) is 1. The molecule has 158 valence electrons. The summed E-state index contributed by atoms with van der Waals surface area (Å²) in [6, 6.07) is 16.3. The van der Waals surface area contributed by atoms with Crippen molar-refractivity contribution in [1.82, 2.24) is 9.88 Å². The first kappa shape index (κ1) is 20.4. The molecule has 0 aliphatic heterocycles. The molecular weight excluding hydrogens is 402 g/mol. The van der Waals surface area contributed by atoms with Crippen molar-refractivity contribution < 1.29 is 22.7 Å². The maximum Gasteiger partial charge on any atom is 0.414 e. The number of carbonyl (C=O) groups excluding carboxylic acids is 1. The zero-order valence-corrected chi connectivity index (χ0v) is 16.8. The van der Waals surface area contributed by atoms with Crippen LogP contribution in [0.1, 0.15) is 16.7 Å². The summed E-state index contributed by atoms with van der Waals surface area (Å²) in [6.45, 7) is 2.16. The minimum absolute atomic E-state index is 0.0269. The van der Waals surface area contributed by atoms with E-state index in [1.807, 2.05) is 48.0 Å². The molecule has 2 aromatic carbocycles. The highest BCUT2D eigenvalue weighted by Crippen LogP contribution is 2.36. The number of furan rings is 1. The van der Waals surface area contributed by atoms with E-state index in [4.69, 9.17) is 9.15 Å². The third-order valence-electron chi connectivity index (χ3n) is 4.80. The van der Waals surface area contributed by atoms with Gasteiger partial charge in [0, 0.05) is 18.3 Å². The van der Waals surface area contributed by atoms with Crippen molar-refractivity contribution in [2.45, 2.75) is 20.0 Å². The Kier molecular flexibility index (Phi) is 5.84. The maximum atomic E-state index is 13.8. The van der Waals surface area contributed by atoms with Crippen LogP contribution in [0.2, 0.25) is 0 Å². The zero-order valence-electron chi connectivity index (χ0n) is 16.8. The van der Waals surface area contributed by atoms with Crippen LogP contribution >= 0.6 is 0 Å². The normalized spacial score (nSPS) is 10.8. The van der Waals surface area contributed by atoms with Crippen molar-refractivity contribution in [3.63, 3.8) is 0 Å². The molecule has 7 heteroatoms. The van der Waals surface area contributed by atoms with Gasteiger partial charge in [0.25, 0.3) is 0 Å². The number of amides is 1. The van der Waals surface area contributed by atoms with Crippen molar-refractivity contribution in [3.8, 4) is 17.2 Å². The summed E-state index contributed by atoms with van der Waals surface area (Å²) in [4.78, 5) is 12.5. The molecular formula is C24H20F2N2O3. The second-order valence-electron chi connectivity index (χ2n) is 7.06. The minimum Gasteiger partial charge on any atom is -0.464 e. The van der Waals surface area contributed by atoms with Gasteiger partial charge in [0.2, 0.25) is 5.88 Å². The highest BCUT2D eigenvalue weighted by molar-refractivity contribution is 5.76. The second kappa shape index (κ2) is 8.87. The molecule has 0 saturated carbocycles. The fourth-order valence-electron chi connectivity index (χ4n) is 3.37. The van der Waals surface area contributed by atoms with Crippen LogP contribution in [-0.2, 0) is 13.1 Å². The van der Waals surface area contributed by atoms with Crippen molar-refractivity contribution in [3.05, 3.63) is 101 Å². The van der Waals surface area contributed by atoms with E-state index < -0.39 is 17.7 Å². The lowest BCUT2D eigenvalue weighted by Crippen LogP contribution is -2.27. The van der Waals surface area contributed by atoms with Crippen LogP contribution in [0.4, 0.5) is 13.6 Å². The monoisotopic (exact) mass is 422 g/mol. The summed E-state index contributed by atoms with van der Waals surface area (Å²) in [5.74, 6) is -0.336. The average Bonchev–Trinajstić information content (AvgIpc) is 3.37. The number of aryl methyl sites for hydroxylation is 1. The fraction of sp³-hybridized carbons (Fsp3) is 0.125. The molecule has 0 bridgehead atoms. The number of hydrogen-bond acceptors (Lipinski definition) is 3. The Hall–Kier alpha value is -3.87. The Morgan fingerprint density at radius 1 is 1.10 bits per heavy atom. The van der Waals surface area contributed by atoms with Crippen LogP contribution in [0.3, 0.4) is 0 Å². The van der Waals surface area contributed by atoms with Gasteiger partial charge in [-0.1, -0.05) is 30.3 Å². The largest absolute Gasteiger partial charge is 0.464 e. The van der Waals surface area contributed by atoms with Crippen LogP contribution in [0, 0.1) is 18.6 Å². The van der Waals surface area contributed by atoms with Gasteiger partial charge in [0.1, 0.15) is 17.4 Å². The van der Waals surface area contributed by atoms with Crippen molar-refractivity contribution >= 4 is 6.09 Å². The van der Waals surface area contributed by atoms with Gasteiger partial charge in [0.05, 0.1) is 18.4 Å². The summed E-state index contributed by atoms with van der Waals surface area (Å²) in [6.07, 6.45) is 2.63. The molecule has 1 N–H and O–H groups in total. The molecule has 0 saturated heterocycles. The number of carbonyl (C=O) groups is 1. The Labute approximate surface area is 177 Å². The number of benzene rings is 2. The number of hydrogen-bond donors (Lipinski definition) is 1. The van der Waals surface area contributed by atoms with Crippen LogP contribution in [0.5, 0.6) is 5.88 Å². The maximum absolute atomic E-state index is 13.8. The SMILES string of the molecule is Cc1cn(Cc2ccccc2)c(OC(=O)NCc2cc(F)ccc2F)c1-c1ccco1. The number of ether oxygens (including phenoxy) is 1. The molecule has 5 nitrogen and oxygen atoms in total. The molecule has 2 aromatic heterocycles. The van der Waals surface area contributed by atoms with Crippen molar-refractivity contribution in [1.29, 1.82) is 0 Å². The van der Waals surface area contributed by atoms with E-state index in [1.165, 1.54) is 0 Å². The highest BCUT2D eigenvalue weighted by Gasteiger charge is 2.21. The predicted molar refractivity (Wildman–Crippen MR) is 112 cm³/mol. The summed E-state index contributed by atoms with van der Waals surface area (Å²) in [5.41, 5.74) is 2.56. The number of aromatic nitrogens is 1. The topological polar surface area (TPSA) is 56.4 Å². The first-order chi connectivity index (χ1) is 15.0. The lowest BCUT2D eigenvalue weighted by molar-refractivity contribution is 0.196. The van der Waals surface area contributed by atoms with E-state index in [0.29, 0.717) is 23.7 Å². The lowest BCUT2D eigenvalue weighted by Gasteiger charge is -2.12. The van der Waals surface area contributed by atoms with E-state index >= 15 is 0 Å². The third kappa shape index (κ3) is 4.66.